The van der Waals surface area contributed by atoms with Gasteiger partial charge in [-0.05, 0) is 30.5 Å². The molecule has 1 aliphatic carbocycles. The number of carboxylic acids is 2. The lowest BCUT2D eigenvalue weighted by molar-refractivity contribution is -0.143. The van der Waals surface area contributed by atoms with E-state index in [0.29, 0.717) is 12.8 Å². The maximum atomic E-state index is 13.1. The van der Waals surface area contributed by atoms with Crippen molar-refractivity contribution >= 4 is 11.9 Å². The van der Waals surface area contributed by atoms with E-state index < -0.39 is 23.2 Å². The molecule has 0 saturated heterocycles. The molecule has 0 heterocycles. The Labute approximate surface area is 103 Å². The number of hydrogen-bond donors (Lipinski definition) is 2. The van der Waals surface area contributed by atoms with Crippen molar-refractivity contribution < 1.29 is 24.2 Å². The summed E-state index contributed by atoms with van der Waals surface area (Å²) in [6, 6.07) is 3.30. The highest BCUT2D eigenvalue weighted by Gasteiger charge is 2.45. The van der Waals surface area contributed by atoms with Crippen LogP contribution in [0.3, 0.4) is 0 Å². The van der Waals surface area contributed by atoms with Crippen LogP contribution in [0.5, 0.6) is 0 Å². The van der Waals surface area contributed by atoms with Crippen molar-refractivity contribution in [1.82, 2.24) is 0 Å². The number of benzene rings is 1. The van der Waals surface area contributed by atoms with E-state index in [-0.39, 0.29) is 11.1 Å². The third kappa shape index (κ3) is 1.85. The summed E-state index contributed by atoms with van der Waals surface area (Å²) >= 11 is 0. The van der Waals surface area contributed by atoms with E-state index in [2.05, 4.69) is 0 Å². The third-order valence-electron chi connectivity index (χ3n) is 3.59. The zero-order chi connectivity index (χ0) is 13.3. The van der Waals surface area contributed by atoms with Crippen LogP contribution in [0, 0.1) is 5.82 Å². The fourth-order valence-electron chi connectivity index (χ4n) is 2.69. The van der Waals surface area contributed by atoms with E-state index in [1.54, 1.807) is 0 Å². The summed E-state index contributed by atoms with van der Waals surface area (Å²) in [5.74, 6) is -3.00. The molecule has 1 aliphatic rings. The summed E-state index contributed by atoms with van der Waals surface area (Å²) in [5.41, 5.74) is -1.22. The minimum atomic E-state index is -1.29. The number of rotatable bonds is 3. The zero-order valence-corrected chi connectivity index (χ0v) is 9.65. The van der Waals surface area contributed by atoms with Gasteiger partial charge in [-0.3, -0.25) is 4.79 Å². The summed E-state index contributed by atoms with van der Waals surface area (Å²) in [7, 11) is 0. The molecule has 2 N–H and O–H groups in total. The molecule has 4 nitrogen and oxygen atoms in total. The summed E-state index contributed by atoms with van der Waals surface area (Å²) in [5, 5.41) is 18.5. The first-order chi connectivity index (χ1) is 8.47. The van der Waals surface area contributed by atoms with Gasteiger partial charge in [-0.15, -0.1) is 0 Å². The summed E-state index contributed by atoms with van der Waals surface area (Å²) < 4.78 is 13.1. The Morgan fingerprint density at radius 1 is 1.17 bits per heavy atom. The second-order valence-corrected chi connectivity index (χ2v) is 4.59. The fourth-order valence-corrected chi connectivity index (χ4v) is 2.69. The normalized spacial score (nSPS) is 17.6. The number of carbonyl (C=O) groups is 2. The molecule has 1 aromatic rings. The highest BCUT2D eigenvalue weighted by Crippen LogP contribution is 2.42. The van der Waals surface area contributed by atoms with Crippen LogP contribution in [0.15, 0.2) is 18.2 Å². The first-order valence-corrected chi connectivity index (χ1v) is 5.74. The van der Waals surface area contributed by atoms with Crippen molar-refractivity contribution in [3.63, 3.8) is 0 Å². The highest BCUT2D eigenvalue weighted by molar-refractivity contribution is 5.93. The van der Waals surface area contributed by atoms with Crippen LogP contribution in [0.1, 0.15) is 41.6 Å². The Kier molecular flexibility index (Phi) is 3.07. The van der Waals surface area contributed by atoms with Crippen molar-refractivity contribution in [1.29, 1.82) is 0 Å². The molecule has 0 amide bonds. The first kappa shape index (κ1) is 12.5. The molecule has 0 unspecified atom stereocenters. The van der Waals surface area contributed by atoms with Crippen molar-refractivity contribution in [2.45, 2.75) is 31.1 Å². The molecule has 0 aromatic heterocycles. The number of aromatic carboxylic acids is 1. The van der Waals surface area contributed by atoms with Gasteiger partial charge in [0.05, 0.1) is 11.0 Å². The molecule has 18 heavy (non-hydrogen) atoms. The van der Waals surface area contributed by atoms with Gasteiger partial charge >= 0.3 is 11.9 Å². The van der Waals surface area contributed by atoms with Crippen LogP contribution in [0.25, 0.3) is 0 Å². The van der Waals surface area contributed by atoms with Gasteiger partial charge in [-0.1, -0.05) is 18.9 Å². The van der Waals surface area contributed by atoms with Gasteiger partial charge in [0.15, 0.2) is 0 Å². The number of carboxylic acid groups (broad SMARTS) is 2. The van der Waals surface area contributed by atoms with Gasteiger partial charge in [0.2, 0.25) is 0 Å². The van der Waals surface area contributed by atoms with Crippen LogP contribution >= 0.6 is 0 Å². The van der Waals surface area contributed by atoms with Gasteiger partial charge < -0.3 is 10.2 Å². The average Bonchev–Trinajstić information content (AvgIpc) is 2.79. The van der Waals surface area contributed by atoms with Gasteiger partial charge in [0, 0.05) is 0 Å². The Bertz CT molecular complexity index is 504. The predicted octanol–water partition coefficient (Wildman–Crippen LogP) is 2.42. The van der Waals surface area contributed by atoms with E-state index in [0.717, 1.165) is 25.0 Å². The van der Waals surface area contributed by atoms with Gasteiger partial charge in [0.1, 0.15) is 5.82 Å². The maximum Gasteiger partial charge on any atom is 0.336 e. The molecule has 1 aromatic carbocycles. The lowest BCUT2D eigenvalue weighted by Crippen LogP contribution is -2.34. The van der Waals surface area contributed by atoms with Crippen LogP contribution in [-0.2, 0) is 10.2 Å². The summed E-state index contributed by atoms with van der Waals surface area (Å²) in [6.07, 6.45) is 2.27. The molecule has 5 heteroatoms. The molecule has 0 spiro atoms. The number of aliphatic carboxylic acids is 1. The lowest BCUT2D eigenvalue weighted by Gasteiger charge is -2.25. The van der Waals surface area contributed by atoms with E-state index >= 15 is 0 Å². The standard InChI is InChI=1S/C13H13FO4/c14-8-3-4-10(9(7-8)11(15)16)13(12(17)18)5-1-2-6-13/h3-4,7H,1-2,5-6H2,(H,15,16)(H,17,18). The van der Waals surface area contributed by atoms with Crippen molar-refractivity contribution in [3.05, 3.63) is 35.1 Å². The summed E-state index contributed by atoms with van der Waals surface area (Å²) in [6.45, 7) is 0. The SMILES string of the molecule is O=C(O)c1cc(F)ccc1C1(C(=O)O)CCCC1. The Morgan fingerprint density at radius 3 is 2.28 bits per heavy atom. The molecular weight excluding hydrogens is 239 g/mol. The predicted molar refractivity (Wildman–Crippen MR) is 61.1 cm³/mol. The van der Waals surface area contributed by atoms with Crippen molar-refractivity contribution in [2.24, 2.45) is 0 Å². The van der Waals surface area contributed by atoms with Crippen LogP contribution < -0.4 is 0 Å². The highest BCUT2D eigenvalue weighted by atomic mass is 19.1. The maximum absolute atomic E-state index is 13.1. The second-order valence-electron chi connectivity index (χ2n) is 4.59. The van der Waals surface area contributed by atoms with Crippen LogP contribution in [0.4, 0.5) is 4.39 Å². The molecule has 1 fully saturated rings. The largest absolute Gasteiger partial charge is 0.481 e. The van der Waals surface area contributed by atoms with Gasteiger partial charge in [-0.25, -0.2) is 9.18 Å². The molecule has 0 radical (unpaired) electrons. The summed E-state index contributed by atoms with van der Waals surface area (Å²) in [4.78, 5) is 22.6. The molecule has 0 atom stereocenters. The average molecular weight is 252 g/mol. The van der Waals surface area contributed by atoms with Crippen LogP contribution in [0.2, 0.25) is 0 Å². The van der Waals surface area contributed by atoms with Gasteiger partial charge in [0.25, 0.3) is 0 Å². The van der Waals surface area contributed by atoms with Gasteiger partial charge in [-0.2, -0.15) is 0 Å². The minimum absolute atomic E-state index is 0.210. The second kappa shape index (κ2) is 4.40. The molecular formula is C13H13FO4. The Hall–Kier alpha value is -1.91. The Balaban J connectivity index is 2.62. The smallest absolute Gasteiger partial charge is 0.336 e. The fraction of sp³-hybridized carbons (Fsp3) is 0.385. The van der Waals surface area contributed by atoms with E-state index in [9.17, 15) is 19.1 Å². The first-order valence-electron chi connectivity index (χ1n) is 5.74. The zero-order valence-electron chi connectivity index (χ0n) is 9.65. The van der Waals surface area contributed by atoms with E-state index in [1.165, 1.54) is 6.07 Å². The van der Waals surface area contributed by atoms with E-state index in [4.69, 9.17) is 5.11 Å². The van der Waals surface area contributed by atoms with E-state index in [1.807, 2.05) is 0 Å². The number of hydrogen-bond acceptors (Lipinski definition) is 2. The van der Waals surface area contributed by atoms with Crippen molar-refractivity contribution in [2.75, 3.05) is 0 Å². The van der Waals surface area contributed by atoms with Crippen LogP contribution in [-0.4, -0.2) is 22.2 Å². The third-order valence-corrected chi connectivity index (χ3v) is 3.59. The van der Waals surface area contributed by atoms with Crippen molar-refractivity contribution in [3.8, 4) is 0 Å². The molecule has 96 valence electrons. The monoisotopic (exact) mass is 252 g/mol. The quantitative estimate of drug-likeness (QED) is 0.866. The molecule has 0 aliphatic heterocycles. The molecule has 0 bridgehead atoms. The minimum Gasteiger partial charge on any atom is -0.481 e. The lowest BCUT2D eigenvalue weighted by atomic mass is 9.76. The number of halogens is 1. The Morgan fingerprint density at radius 2 is 1.78 bits per heavy atom. The molecule has 1 saturated carbocycles. The molecule has 2 rings (SSSR count). The topological polar surface area (TPSA) is 74.6 Å².